The van der Waals surface area contributed by atoms with Crippen LogP contribution in [0.25, 0.3) is 0 Å². The molecule has 466 valence electrons. The molecule has 3 N–H and O–H groups in total. The molecule has 79 heavy (non-hydrogen) atoms. The fourth-order valence-corrected chi connectivity index (χ4v) is 11.2. The molecule has 0 spiro atoms. The molecular formula is C73H139NO5. The van der Waals surface area contributed by atoms with E-state index in [0.717, 1.165) is 51.4 Å². The highest BCUT2D eigenvalue weighted by Crippen LogP contribution is 2.19. The summed E-state index contributed by atoms with van der Waals surface area (Å²) in [6, 6.07) is -0.548. The Labute approximate surface area is 494 Å². The summed E-state index contributed by atoms with van der Waals surface area (Å²) in [6.07, 6.45) is 87.6. The van der Waals surface area contributed by atoms with Crippen molar-refractivity contribution in [3.8, 4) is 0 Å². The van der Waals surface area contributed by atoms with E-state index < -0.39 is 12.1 Å². The van der Waals surface area contributed by atoms with E-state index >= 15 is 0 Å². The van der Waals surface area contributed by atoms with E-state index in [2.05, 4.69) is 55.6 Å². The molecule has 0 aliphatic carbocycles. The molecule has 0 heterocycles. The lowest BCUT2D eigenvalue weighted by Gasteiger charge is -2.22. The van der Waals surface area contributed by atoms with Crippen LogP contribution in [0.3, 0.4) is 0 Å². The van der Waals surface area contributed by atoms with Crippen molar-refractivity contribution < 1.29 is 24.5 Å². The Hall–Kier alpha value is -1.92. The number of hydrogen-bond acceptors (Lipinski definition) is 5. The van der Waals surface area contributed by atoms with Gasteiger partial charge in [0.1, 0.15) is 0 Å². The average Bonchev–Trinajstić information content (AvgIpc) is 3.45. The van der Waals surface area contributed by atoms with Gasteiger partial charge >= 0.3 is 5.97 Å². The van der Waals surface area contributed by atoms with Crippen molar-refractivity contribution >= 4 is 11.9 Å². The summed E-state index contributed by atoms with van der Waals surface area (Å²) in [4.78, 5) is 24.6. The molecule has 6 heteroatoms. The summed E-state index contributed by atoms with van der Waals surface area (Å²) in [5, 5.41) is 23.4. The molecule has 0 fully saturated rings. The summed E-state index contributed by atoms with van der Waals surface area (Å²) >= 11 is 0. The second-order valence-electron chi connectivity index (χ2n) is 24.6. The Balaban J connectivity index is 3.43. The summed E-state index contributed by atoms with van der Waals surface area (Å²) < 4.78 is 5.47. The minimum atomic E-state index is -0.670. The van der Waals surface area contributed by atoms with Gasteiger partial charge in [-0.2, -0.15) is 0 Å². The predicted molar refractivity (Wildman–Crippen MR) is 347 cm³/mol. The van der Waals surface area contributed by atoms with Crippen LogP contribution in [0.1, 0.15) is 393 Å². The minimum Gasteiger partial charge on any atom is -0.466 e. The van der Waals surface area contributed by atoms with Crippen molar-refractivity contribution in [3.05, 3.63) is 36.5 Å². The maximum Gasteiger partial charge on any atom is 0.305 e. The summed E-state index contributed by atoms with van der Waals surface area (Å²) in [5.74, 6) is -0.0374. The number of carbonyl (C=O) groups is 2. The molecule has 2 unspecified atom stereocenters. The third-order valence-corrected chi connectivity index (χ3v) is 16.7. The maximum absolute atomic E-state index is 12.6. The van der Waals surface area contributed by atoms with Gasteiger partial charge in [0.15, 0.2) is 0 Å². The van der Waals surface area contributed by atoms with Gasteiger partial charge < -0.3 is 20.3 Å². The average molecular weight is 1110 g/mol. The number of allylic oxidation sites excluding steroid dienone is 6. The van der Waals surface area contributed by atoms with Crippen LogP contribution in [-0.2, 0) is 14.3 Å². The molecular weight excluding hydrogens is 971 g/mol. The van der Waals surface area contributed by atoms with E-state index in [1.165, 1.54) is 308 Å². The van der Waals surface area contributed by atoms with E-state index in [4.69, 9.17) is 4.74 Å². The second-order valence-corrected chi connectivity index (χ2v) is 24.6. The number of unbranched alkanes of at least 4 members (excludes halogenated alkanes) is 50. The highest BCUT2D eigenvalue weighted by Gasteiger charge is 2.20. The molecule has 6 nitrogen and oxygen atoms in total. The van der Waals surface area contributed by atoms with Crippen LogP contribution in [0.2, 0.25) is 0 Å². The molecule has 0 radical (unpaired) electrons. The lowest BCUT2D eigenvalue weighted by molar-refractivity contribution is -0.143. The normalized spacial score (nSPS) is 12.7. The molecule has 1 amide bonds. The molecule has 0 rings (SSSR count). The third kappa shape index (κ3) is 65.1. The van der Waals surface area contributed by atoms with Gasteiger partial charge in [0.05, 0.1) is 25.4 Å². The van der Waals surface area contributed by atoms with Crippen molar-refractivity contribution in [2.24, 2.45) is 0 Å². The highest BCUT2D eigenvalue weighted by atomic mass is 16.5. The van der Waals surface area contributed by atoms with E-state index in [1.807, 2.05) is 0 Å². The number of amides is 1. The fourth-order valence-electron chi connectivity index (χ4n) is 11.2. The highest BCUT2D eigenvalue weighted by molar-refractivity contribution is 5.76. The van der Waals surface area contributed by atoms with Gasteiger partial charge in [-0.3, -0.25) is 9.59 Å². The smallest absolute Gasteiger partial charge is 0.305 e. The van der Waals surface area contributed by atoms with Crippen LogP contribution in [0, 0.1) is 0 Å². The number of aliphatic hydroxyl groups is 2. The van der Waals surface area contributed by atoms with Gasteiger partial charge in [0, 0.05) is 12.8 Å². The lowest BCUT2D eigenvalue weighted by atomic mass is 10.0. The first kappa shape index (κ1) is 77.1. The Kier molecular flexibility index (Phi) is 66.9. The Morgan fingerprint density at radius 1 is 0.354 bits per heavy atom. The van der Waals surface area contributed by atoms with Gasteiger partial charge in [-0.25, -0.2) is 0 Å². The number of nitrogens with one attached hydrogen (secondary N) is 1. The van der Waals surface area contributed by atoms with Gasteiger partial charge in [-0.05, 0) is 83.5 Å². The van der Waals surface area contributed by atoms with Gasteiger partial charge in [0.2, 0.25) is 5.91 Å². The molecule has 2 atom stereocenters. The van der Waals surface area contributed by atoms with Crippen molar-refractivity contribution in [1.29, 1.82) is 0 Å². The zero-order chi connectivity index (χ0) is 57.1. The second kappa shape index (κ2) is 68.6. The number of aliphatic hydroxyl groups excluding tert-OH is 2. The number of esters is 1. The number of carbonyl (C=O) groups excluding carboxylic acids is 2. The lowest BCUT2D eigenvalue weighted by Crippen LogP contribution is -2.45. The quantitative estimate of drug-likeness (QED) is 0.0320. The number of hydrogen-bond donors (Lipinski definition) is 3. The van der Waals surface area contributed by atoms with E-state index in [9.17, 15) is 19.8 Å². The monoisotopic (exact) mass is 1110 g/mol. The van der Waals surface area contributed by atoms with Crippen LogP contribution in [0.15, 0.2) is 36.5 Å². The fraction of sp³-hybridized carbons (Fsp3) is 0.890. The Morgan fingerprint density at radius 2 is 0.633 bits per heavy atom. The van der Waals surface area contributed by atoms with Crippen LogP contribution < -0.4 is 5.32 Å². The molecule has 0 aliphatic rings. The van der Waals surface area contributed by atoms with Crippen LogP contribution in [0.5, 0.6) is 0 Å². The summed E-state index contributed by atoms with van der Waals surface area (Å²) in [6.45, 7) is 4.95. The molecule has 0 bridgehead atoms. The van der Waals surface area contributed by atoms with E-state index in [0.29, 0.717) is 25.9 Å². The molecule has 0 saturated carbocycles. The van der Waals surface area contributed by atoms with Crippen LogP contribution >= 0.6 is 0 Å². The molecule has 0 aliphatic heterocycles. The number of rotatable bonds is 67. The third-order valence-electron chi connectivity index (χ3n) is 16.7. The SMILES string of the molecule is CCCCC/C=C\CCCCCCCC(=O)OCCCCCCCCCCC/C=C\C/C=C\CCCCCCCCCCCC(=O)NC(CO)C(O)CCCCCCCCCCCCCCCCCCCCCCCCCCC. The predicted octanol–water partition coefficient (Wildman–Crippen LogP) is 23.1. The Morgan fingerprint density at radius 3 is 1.00 bits per heavy atom. The molecule has 0 aromatic rings. The van der Waals surface area contributed by atoms with Crippen molar-refractivity contribution in [2.75, 3.05) is 13.2 Å². The van der Waals surface area contributed by atoms with Crippen molar-refractivity contribution in [3.63, 3.8) is 0 Å². The standard InChI is InChI=1S/C73H139NO5/c1-3-5-7-9-11-13-15-17-18-19-20-21-22-24-27-30-33-36-39-42-45-49-53-57-61-65-71(76)70(69-75)74-72(77)66-62-58-54-50-46-43-40-37-34-31-28-25-23-26-29-32-35-38-41-44-48-52-56-60-64-68-79-73(78)67-63-59-55-51-47-16-14-12-10-8-6-4-2/h12,14,25-26,28-29,70-71,75-76H,3-11,13,15-24,27,30-69H2,1-2H3,(H,74,77)/b14-12-,28-25-,29-26-. The van der Waals surface area contributed by atoms with Gasteiger partial charge in [-0.1, -0.05) is 333 Å². The first-order valence-corrected chi connectivity index (χ1v) is 35.7. The number of ether oxygens (including phenoxy) is 1. The maximum atomic E-state index is 12.6. The molecule has 0 aromatic heterocycles. The van der Waals surface area contributed by atoms with Gasteiger partial charge in [-0.15, -0.1) is 0 Å². The molecule has 0 aromatic carbocycles. The topological polar surface area (TPSA) is 95.9 Å². The molecule has 0 saturated heterocycles. The van der Waals surface area contributed by atoms with E-state index in [-0.39, 0.29) is 18.5 Å². The largest absolute Gasteiger partial charge is 0.466 e. The van der Waals surface area contributed by atoms with Crippen LogP contribution in [-0.4, -0.2) is 47.4 Å². The zero-order valence-electron chi connectivity index (χ0n) is 53.4. The van der Waals surface area contributed by atoms with Crippen LogP contribution in [0.4, 0.5) is 0 Å². The van der Waals surface area contributed by atoms with Gasteiger partial charge in [0.25, 0.3) is 0 Å². The van der Waals surface area contributed by atoms with E-state index in [1.54, 1.807) is 0 Å². The summed E-state index contributed by atoms with van der Waals surface area (Å²) in [7, 11) is 0. The summed E-state index contributed by atoms with van der Waals surface area (Å²) in [5.41, 5.74) is 0. The van der Waals surface area contributed by atoms with Crippen molar-refractivity contribution in [1.82, 2.24) is 5.32 Å². The van der Waals surface area contributed by atoms with Crippen molar-refractivity contribution in [2.45, 2.75) is 405 Å². The zero-order valence-corrected chi connectivity index (χ0v) is 53.4. The first-order valence-electron chi connectivity index (χ1n) is 35.7. The first-order chi connectivity index (χ1) is 39.0. The Bertz CT molecular complexity index is 1280. The minimum absolute atomic E-state index is 0.000577.